The predicted molar refractivity (Wildman–Crippen MR) is 117 cm³/mol. The summed E-state index contributed by atoms with van der Waals surface area (Å²) in [5, 5.41) is 20.7. The molecule has 2 N–H and O–H groups in total. The normalized spacial score (nSPS) is 16.3. The number of carbonyl (C=O) groups is 1. The lowest BCUT2D eigenvalue weighted by Gasteiger charge is -2.08. The van der Waals surface area contributed by atoms with Crippen molar-refractivity contribution in [1.29, 1.82) is 0 Å². The van der Waals surface area contributed by atoms with Crippen LogP contribution in [0.25, 0.3) is 6.08 Å². The molecule has 0 bridgehead atoms. The maximum absolute atomic E-state index is 12.3. The average molecular weight is 427 g/mol. The first-order chi connectivity index (χ1) is 14.4. The van der Waals surface area contributed by atoms with Gasteiger partial charge in [0.15, 0.2) is 11.5 Å². The van der Waals surface area contributed by atoms with Crippen LogP contribution in [-0.2, 0) is 9.53 Å². The summed E-state index contributed by atoms with van der Waals surface area (Å²) < 4.78 is 15.4. The summed E-state index contributed by atoms with van der Waals surface area (Å²) in [6.07, 6.45) is 1.71. The van der Waals surface area contributed by atoms with Crippen molar-refractivity contribution in [2.45, 2.75) is 6.92 Å². The number of phenolic OH excluding ortho intramolecular Hbond substituents is 1. The molecule has 0 aromatic heterocycles. The van der Waals surface area contributed by atoms with Gasteiger partial charge in [-0.25, -0.2) is 9.79 Å². The number of aliphatic hydroxyl groups excluding tert-OH is 1. The van der Waals surface area contributed by atoms with E-state index in [2.05, 4.69) is 4.99 Å². The first-order valence-electron chi connectivity index (χ1n) is 8.90. The molecule has 0 saturated heterocycles. The third-order valence-electron chi connectivity index (χ3n) is 4.40. The first-order valence-corrected chi connectivity index (χ1v) is 9.71. The van der Waals surface area contributed by atoms with E-state index in [1.165, 1.54) is 21.3 Å². The molecular formula is C22H21NO6S. The molecule has 156 valence electrons. The van der Waals surface area contributed by atoms with Crippen LogP contribution in [0.5, 0.6) is 17.2 Å². The van der Waals surface area contributed by atoms with E-state index in [-0.39, 0.29) is 17.1 Å². The molecule has 0 aliphatic carbocycles. The molecule has 3 rings (SSSR count). The number of aliphatic hydroxyl groups is 1. The highest BCUT2D eigenvalue weighted by molar-refractivity contribution is 8.18. The van der Waals surface area contributed by atoms with Crippen LogP contribution in [0.2, 0.25) is 0 Å². The van der Waals surface area contributed by atoms with Gasteiger partial charge in [0.2, 0.25) is 0 Å². The minimum atomic E-state index is -0.690. The molecule has 2 aromatic rings. The summed E-state index contributed by atoms with van der Waals surface area (Å²) in [7, 11) is 4.30. The Balaban J connectivity index is 2.05. The number of nitrogens with zero attached hydrogens (tertiary/aromatic N) is 1. The zero-order valence-corrected chi connectivity index (χ0v) is 17.7. The predicted octanol–water partition coefficient (Wildman–Crippen LogP) is 4.52. The summed E-state index contributed by atoms with van der Waals surface area (Å²) in [4.78, 5) is 17.3. The monoisotopic (exact) mass is 427 g/mol. The highest BCUT2D eigenvalue weighted by atomic mass is 32.2. The fourth-order valence-electron chi connectivity index (χ4n) is 2.82. The third-order valence-corrected chi connectivity index (χ3v) is 5.42. The molecule has 8 heteroatoms. The number of ether oxygens (including phenoxy) is 3. The van der Waals surface area contributed by atoms with E-state index in [9.17, 15) is 15.0 Å². The molecule has 0 spiro atoms. The fourth-order valence-corrected chi connectivity index (χ4v) is 3.86. The Bertz CT molecular complexity index is 1090. The van der Waals surface area contributed by atoms with Crippen molar-refractivity contribution in [3.8, 4) is 17.2 Å². The Morgan fingerprint density at radius 1 is 1.03 bits per heavy atom. The smallest absolute Gasteiger partial charge is 0.344 e. The maximum Gasteiger partial charge on any atom is 0.344 e. The zero-order chi connectivity index (χ0) is 21.8. The van der Waals surface area contributed by atoms with Crippen molar-refractivity contribution in [3.05, 3.63) is 63.8 Å². The van der Waals surface area contributed by atoms with E-state index in [1.807, 2.05) is 0 Å². The van der Waals surface area contributed by atoms with Gasteiger partial charge in [0.25, 0.3) is 0 Å². The van der Waals surface area contributed by atoms with Crippen molar-refractivity contribution in [2.75, 3.05) is 21.3 Å². The number of rotatable bonds is 5. The zero-order valence-electron chi connectivity index (χ0n) is 16.9. The van der Waals surface area contributed by atoms with Gasteiger partial charge in [-0.05, 0) is 48.4 Å². The Morgan fingerprint density at radius 3 is 2.40 bits per heavy atom. The SMILES string of the molecule is COC(=O)C1=C(O)/C(=C\c2ccc(O)c(C)c2)SC1=Nc1ccc(OC)c(OC)c1. The van der Waals surface area contributed by atoms with E-state index in [0.29, 0.717) is 32.7 Å². The second-order valence-electron chi connectivity index (χ2n) is 6.33. The topological polar surface area (TPSA) is 97.6 Å². The number of aliphatic imine (C=N–C) groups is 1. The second-order valence-corrected chi connectivity index (χ2v) is 7.36. The number of hydrogen-bond donors (Lipinski definition) is 2. The molecule has 7 nitrogen and oxygen atoms in total. The Labute approximate surface area is 178 Å². The van der Waals surface area contributed by atoms with E-state index in [1.54, 1.807) is 49.4 Å². The molecule has 0 unspecified atom stereocenters. The van der Waals surface area contributed by atoms with Crippen molar-refractivity contribution in [3.63, 3.8) is 0 Å². The summed E-state index contributed by atoms with van der Waals surface area (Å²) >= 11 is 1.15. The number of phenols is 1. The highest BCUT2D eigenvalue weighted by Gasteiger charge is 2.33. The van der Waals surface area contributed by atoms with E-state index >= 15 is 0 Å². The number of thioether (sulfide) groups is 1. The van der Waals surface area contributed by atoms with Crippen LogP contribution in [0.15, 0.2) is 57.6 Å². The first kappa shape index (κ1) is 21.3. The van der Waals surface area contributed by atoms with Crippen LogP contribution in [0.1, 0.15) is 11.1 Å². The largest absolute Gasteiger partial charge is 0.508 e. The molecular weight excluding hydrogens is 406 g/mol. The minimum absolute atomic E-state index is 0.0148. The van der Waals surface area contributed by atoms with Gasteiger partial charge in [-0.3, -0.25) is 0 Å². The number of benzene rings is 2. The van der Waals surface area contributed by atoms with E-state index < -0.39 is 5.97 Å². The number of esters is 1. The molecule has 0 fully saturated rings. The second kappa shape index (κ2) is 8.96. The number of hydrogen-bond acceptors (Lipinski definition) is 8. The van der Waals surface area contributed by atoms with Crippen molar-refractivity contribution in [1.82, 2.24) is 0 Å². The van der Waals surface area contributed by atoms with Gasteiger partial charge in [0.1, 0.15) is 22.1 Å². The fraction of sp³-hybridized carbons (Fsp3) is 0.182. The van der Waals surface area contributed by atoms with Crippen molar-refractivity contribution < 1.29 is 29.2 Å². The van der Waals surface area contributed by atoms with Gasteiger partial charge in [0.05, 0.1) is 31.9 Å². The van der Waals surface area contributed by atoms with Crippen LogP contribution < -0.4 is 9.47 Å². The maximum atomic E-state index is 12.3. The third kappa shape index (κ3) is 4.28. The quantitative estimate of drug-likeness (QED) is 0.677. The van der Waals surface area contributed by atoms with Gasteiger partial charge >= 0.3 is 5.97 Å². The molecule has 1 heterocycles. The van der Waals surface area contributed by atoms with Gasteiger partial charge in [-0.2, -0.15) is 0 Å². The van der Waals surface area contributed by atoms with Gasteiger partial charge < -0.3 is 24.4 Å². The van der Waals surface area contributed by atoms with Crippen molar-refractivity contribution >= 4 is 34.5 Å². The van der Waals surface area contributed by atoms with Gasteiger partial charge in [-0.15, -0.1) is 0 Å². The summed E-state index contributed by atoms with van der Waals surface area (Å²) in [5.41, 5.74) is 1.96. The molecule has 0 saturated carbocycles. The minimum Gasteiger partial charge on any atom is -0.508 e. The average Bonchev–Trinajstić information content (AvgIpc) is 3.04. The summed E-state index contributed by atoms with van der Waals surface area (Å²) in [6, 6.07) is 10.1. The van der Waals surface area contributed by atoms with Gasteiger partial charge in [0, 0.05) is 6.07 Å². The number of carbonyl (C=O) groups excluding carboxylic acids is 1. The van der Waals surface area contributed by atoms with E-state index in [4.69, 9.17) is 14.2 Å². The number of aromatic hydroxyl groups is 1. The summed E-state index contributed by atoms with van der Waals surface area (Å²) in [5.74, 6) is 0.323. The standard InChI is InChI=1S/C22H21NO6S/c1-12-9-13(5-7-15(12)24)10-18-20(25)19(22(26)29-4)21(30-18)23-14-6-8-16(27-2)17(11-14)28-3/h5-11,24-25H,1-4H3/b18-10+,23-21?. The Kier molecular flexibility index (Phi) is 6.37. The Hall–Kier alpha value is -3.39. The van der Waals surface area contributed by atoms with Crippen LogP contribution in [-0.4, -0.2) is 42.6 Å². The van der Waals surface area contributed by atoms with Crippen LogP contribution in [0.4, 0.5) is 5.69 Å². The summed E-state index contributed by atoms with van der Waals surface area (Å²) in [6.45, 7) is 1.78. The molecule has 0 radical (unpaired) electrons. The molecule has 1 aliphatic rings. The van der Waals surface area contributed by atoms with Gasteiger partial charge in [-0.1, -0.05) is 17.8 Å². The van der Waals surface area contributed by atoms with Crippen LogP contribution >= 0.6 is 11.8 Å². The molecule has 2 aromatic carbocycles. The molecule has 30 heavy (non-hydrogen) atoms. The molecule has 0 amide bonds. The lowest BCUT2D eigenvalue weighted by atomic mass is 10.1. The van der Waals surface area contributed by atoms with Crippen LogP contribution in [0, 0.1) is 6.92 Å². The lowest BCUT2D eigenvalue weighted by Crippen LogP contribution is -2.10. The molecule has 1 aliphatic heterocycles. The highest BCUT2D eigenvalue weighted by Crippen LogP contribution is 2.41. The van der Waals surface area contributed by atoms with Crippen LogP contribution in [0.3, 0.4) is 0 Å². The van der Waals surface area contributed by atoms with Crippen molar-refractivity contribution in [2.24, 2.45) is 4.99 Å². The Morgan fingerprint density at radius 2 is 1.77 bits per heavy atom. The number of methoxy groups -OCH3 is 3. The number of aryl methyl sites for hydroxylation is 1. The molecule has 0 atom stereocenters. The lowest BCUT2D eigenvalue weighted by molar-refractivity contribution is -0.135. The van der Waals surface area contributed by atoms with E-state index in [0.717, 1.165) is 17.3 Å².